The summed E-state index contributed by atoms with van der Waals surface area (Å²) in [4.78, 5) is 14.7. The van der Waals surface area contributed by atoms with Gasteiger partial charge in [-0.1, -0.05) is 24.3 Å². The predicted molar refractivity (Wildman–Crippen MR) is 112 cm³/mol. The van der Waals surface area contributed by atoms with Crippen molar-refractivity contribution in [3.05, 3.63) is 65.7 Å². The number of allylic oxidation sites excluding steroid dienone is 2. The number of anilines is 1. The lowest BCUT2D eigenvalue weighted by Crippen LogP contribution is -2.36. The van der Waals surface area contributed by atoms with Gasteiger partial charge < -0.3 is 19.1 Å². The number of ether oxygens (including phenoxy) is 3. The molecule has 0 atom stereocenters. The normalized spacial score (nSPS) is 14.6. The van der Waals surface area contributed by atoms with Crippen molar-refractivity contribution in [3.63, 3.8) is 0 Å². The van der Waals surface area contributed by atoms with E-state index in [1.54, 1.807) is 26.4 Å². The van der Waals surface area contributed by atoms with E-state index in [0.29, 0.717) is 11.5 Å². The molecule has 146 valence electrons. The minimum atomic E-state index is -0.107. The van der Waals surface area contributed by atoms with Crippen molar-refractivity contribution in [3.8, 4) is 11.5 Å². The average Bonchev–Trinajstić information content (AvgIpc) is 2.76. The summed E-state index contributed by atoms with van der Waals surface area (Å²) in [6, 6.07) is 13.6. The Kier molecular flexibility index (Phi) is 6.87. The molecule has 1 heterocycles. The van der Waals surface area contributed by atoms with E-state index in [9.17, 15) is 4.79 Å². The number of carbonyl (C=O) groups is 1. The monoisotopic (exact) mass is 379 g/mol. The molecule has 2 aromatic carbocycles. The van der Waals surface area contributed by atoms with Gasteiger partial charge in [-0.05, 0) is 48.1 Å². The van der Waals surface area contributed by atoms with Crippen molar-refractivity contribution in [2.24, 2.45) is 0 Å². The number of nitrogens with zero attached hydrogens (tertiary/aromatic N) is 1. The number of carbonyl (C=O) groups excluding carboxylic acids is 1. The number of hydrogen-bond acceptors (Lipinski definition) is 5. The zero-order valence-corrected chi connectivity index (χ0v) is 16.3. The van der Waals surface area contributed by atoms with E-state index in [0.717, 1.165) is 43.1 Å². The summed E-state index contributed by atoms with van der Waals surface area (Å²) in [6.07, 6.45) is 6.68. The smallest absolute Gasteiger partial charge is 0.178 e. The summed E-state index contributed by atoms with van der Waals surface area (Å²) in [5.41, 5.74) is 2.87. The van der Waals surface area contributed by atoms with Gasteiger partial charge in [-0.3, -0.25) is 4.79 Å². The molecular weight excluding hydrogens is 354 g/mol. The first-order chi connectivity index (χ1) is 13.7. The van der Waals surface area contributed by atoms with E-state index in [1.807, 2.05) is 42.5 Å². The zero-order chi connectivity index (χ0) is 19.8. The van der Waals surface area contributed by atoms with E-state index in [2.05, 4.69) is 11.0 Å². The minimum Gasteiger partial charge on any atom is -0.496 e. The van der Waals surface area contributed by atoms with Crippen LogP contribution in [0.3, 0.4) is 0 Å². The average molecular weight is 379 g/mol. The number of methoxy groups -OCH3 is 2. The Bertz CT molecular complexity index is 844. The van der Waals surface area contributed by atoms with E-state index in [4.69, 9.17) is 14.2 Å². The van der Waals surface area contributed by atoms with Gasteiger partial charge in [0.05, 0.1) is 33.0 Å². The van der Waals surface area contributed by atoms with Crippen LogP contribution in [-0.2, 0) is 9.53 Å². The van der Waals surface area contributed by atoms with Crippen molar-refractivity contribution >= 4 is 23.6 Å². The number of benzene rings is 2. The first kappa shape index (κ1) is 19.7. The van der Waals surface area contributed by atoms with Gasteiger partial charge in [-0.25, -0.2) is 0 Å². The van der Waals surface area contributed by atoms with Gasteiger partial charge in [0.1, 0.15) is 11.5 Å². The van der Waals surface area contributed by atoms with Gasteiger partial charge in [0, 0.05) is 18.8 Å². The number of rotatable bonds is 7. The van der Waals surface area contributed by atoms with Crippen LogP contribution in [-0.4, -0.2) is 46.3 Å². The van der Waals surface area contributed by atoms with E-state index < -0.39 is 0 Å². The number of hydrogen-bond donors (Lipinski definition) is 0. The molecule has 5 nitrogen and oxygen atoms in total. The fraction of sp³-hybridized carbons (Fsp3) is 0.261. The second kappa shape index (κ2) is 9.76. The molecule has 0 aromatic heterocycles. The molecule has 1 saturated heterocycles. The number of morpholine rings is 1. The molecule has 0 unspecified atom stereocenters. The van der Waals surface area contributed by atoms with Crippen LogP contribution in [0.15, 0.2) is 54.6 Å². The molecule has 1 fully saturated rings. The van der Waals surface area contributed by atoms with Crippen LogP contribution in [0.2, 0.25) is 0 Å². The Morgan fingerprint density at radius 1 is 0.929 bits per heavy atom. The number of para-hydroxylation sites is 1. The van der Waals surface area contributed by atoms with Crippen LogP contribution in [0.25, 0.3) is 12.2 Å². The Labute approximate surface area is 165 Å². The van der Waals surface area contributed by atoms with Gasteiger partial charge in [0.2, 0.25) is 0 Å². The highest BCUT2D eigenvalue weighted by molar-refractivity contribution is 6.05. The fourth-order valence-corrected chi connectivity index (χ4v) is 3.16. The Morgan fingerprint density at radius 3 is 2.25 bits per heavy atom. The molecule has 0 radical (unpaired) electrons. The third-order valence-corrected chi connectivity index (χ3v) is 4.60. The van der Waals surface area contributed by atoms with Crippen LogP contribution < -0.4 is 14.4 Å². The molecule has 0 N–H and O–H groups in total. The lowest BCUT2D eigenvalue weighted by molar-refractivity contribution is -0.110. The lowest BCUT2D eigenvalue weighted by atomic mass is 10.1. The SMILES string of the molecule is COc1cccc(OC)c1/C=C/C(=O)/C=C/c1ccccc1N1CCOCC1. The quantitative estimate of drug-likeness (QED) is 0.684. The Morgan fingerprint density at radius 2 is 1.57 bits per heavy atom. The zero-order valence-electron chi connectivity index (χ0n) is 16.3. The van der Waals surface area contributed by atoms with E-state index >= 15 is 0 Å². The van der Waals surface area contributed by atoms with Crippen LogP contribution in [0, 0.1) is 0 Å². The first-order valence-electron chi connectivity index (χ1n) is 9.26. The Balaban J connectivity index is 1.76. The molecule has 0 spiro atoms. The van der Waals surface area contributed by atoms with Crippen molar-refractivity contribution in [1.29, 1.82) is 0 Å². The second-order valence-corrected chi connectivity index (χ2v) is 6.30. The highest BCUT2D eigenvalue weighted by Crippen LogP contribution is 2.29. The largest absolute Gasteiger partial charge is 0.496 e. The van der Waals surface area contributed by atoms with Crippen LogP contribution >= 0.6 is 0 Å². The van der Waals surface area contributed by atoms with Crippen molar-refractivity contribution in [2.45, 2.75) is 0 Å². The van der Waals surface area contributed by atoms with Gasteiger partial charge in [-0.2, -0.15) is 0 Å². The molecule has 0 bridgehead atoms. The third kappa shape index (κ3) is 4.81. The minimum absolute atomic E-state index is 0.107. The van der Waals surface area contributed by atoms with Gasteiger partial charge in [-0.15, -0.1) is 0 Å². The fourth-order valence-electron chi connectivity index (χ4n) is 3.16. The standard InChI is InChI=1S/C23H25NO4/c1-26-22-8-5-9-23(27-2)20(22)13-12-19(25)11-10-18-6-3-4-7-21(18)24-14-16-28-17-15-24/h3-13H,14-17H2,1-2H3/b11-10+,13-12+. The number of ketones is 1. The molecule has 0 aliphatic carbocycles. The van der Waals surface area contributed by atoms with Gasteiger partial charge in [0.25, 0.3) is 0 Å². The highest BCUT2D eigenvalue weighted by Gasteiger charge is 2.13. The summed E-state index contributed by atoms with van der Waals surface area (Å²) >= 11 is 0. The lowest BCUT2D eigenvalue weighted by Gasteiger charge is -2.30. The third-order valence-electron chi connectivity index (χ3n) is 4.60. The maximum Gasteiger partial charge on any atom is 0.178 e. The summed E-state index contributed by atoms with van der Waals surface area (Å²) in [6.45, 7) is 3.15. The topological polar surface area (TPSA) is 48.0 Å². The summed E-state index contributed by atoms with van der Waals surface area (Å²) in [5.74, 6) is 1.21. The van der Waals surface area contributed by atoms with E-state index in [-0.39, 0.29) is 5.78 Å². The predicted octanol–water partition coefficient (Wildman–Crippen LogP) is 3.84. The molecule has 1 aliphatic rings. The summed E-state index contributed by atoms with van der Waals surface area (Å²) < 4.78 is 16.1. The molecule has 28 heavy (non-hydrogen) atoms. The van der Waals surface area contributed by atoms with Gasteiger partial charge in [0.15, 0.2) is 5.78 Å². The molecule has 0 amide bonds. The highest BCUT2D eigenvalue weighted by atomic mass is 16.5. The first-order valence-corrected chi connectivity index (χ1v) is 9.26. The molecule has 1 aliphatic heterocycles. The van der Waals surface area contributed by atoms with Crippen molar-refractivity contribution in [1.82, 2.24) is 0 Å². The van der Waals surface area contributed by atoms with Gasteiger partial charge >= 0.3 is 0 Å². The van der Waals surface area contributed by atoms with Crippen LogP contribution in [0.1, 0.15) is 11.1 Å². The molecule has 0 saturated carbocycles. The molecule has 2 aromatic rings. The van der Waals surface area contributed by atoms with Crippen molar-refractivity contribution in [2.75, 3.05) is 45.4 Å². The summed E-state index contributed by atoms with van der Waals surface area (Å²) in [7, 11) is 3.19. The molecular formula is C23H25NO4. The maximum atomic E-state index is 12.4. The Hall–Kier alpha value is -3.05. The van der Waals surface area contributed by atoms with Crippen LogP contribution in [0.4, 0.5) is 5.69 Å². The van der Waals surface area contributed by atoms with E-state index in [1.165, 1.54) is 6.08 Å². The maximum absolute atomic E-state index is 12.4. The summed E-state index contributed by atoms with van der Waals surface area (Å²) in [5, 5.41) is 0. The molecule has 3 rings (SSSR count). The molecule has 5 heteroatoms. The van der Waals surface area contributed by atoms with Crippen LogP contribution in [0.5, 0.6) is 11.5 Å². The second-order valence-electron chi connectivity index (χ2n) is 6.30. The van der Waals surface area contributed by atoms with Crippen molar-refractivity contribution < 1.29 is 19.0 Å².